The van der Waals surface area contributed by atoms with Crippen LogP contribution in [0.25, 0.3) is 0 Å². The molecule has 0 amide bonds. The van der Waals surface area contributed by atoms with E-state index in [-0.39, 0.29) is 76.2 Å². The Hall–Kier alpha value is 0.571. The summed E-state index contributed by atoms with van der Waals surface area (Å²) in [6, 6.07) is 2.99. The van der Waals surface area contributed by atoms with Crippen molar-refractivity contribution in [3.63, 3.8) is 0 Å². The molecule has 0 aliphatic heterocycles. The summed E-state index contributed by atoms with van der Waals surface area (Å²) in [5, 5.41) is -1.57. The minimum absolute atomic E-state index is 0. The van der Waals surface area contributed by atoms with Crippen molar-refractivity contribution in [2.45, 2.75) is 30.0 Å². The topological polar surface area (TPSA) is 0 Å². The zero-order valence-corrected chi connectivity index (χ0v) is 12.9. The SMILES string of the molecule is Fc1ccc(F)c(C23CC([B-](F)(F)F)(C2)C3)c1.[K+]. The molecular formula is C11H9BF5K. The van der Waals surface area contributed by atoms with E-state index in [2.05, 4.69) is 0 Å². The molecule has 7 heteroatoms. The van der Waals surface area contributed by atoms with Gasteiger partial charge in [0.2, 0.25) is 0 Å². The van der Waals surface area contributed by atoms with Gasteiger partial charge in [-0.3, -0.25) is 0 Å². The van der Waals surface area contributed by atoms with Crippen LogP contribution in [0.2, 0.25) is 5.31 Å². The van der Waals surface area contributed by atoms with Gasteiger partial charge in [-0.05, 0) is 29.2 Å². The van der Waals surface area contributed by atoms with Crippen molar-refractivity contribution in [3.05, 3.63) is 35.4 Å². The van der Waals surface area contributed by atoms with Gasteiger partial charge < -0.3 is 12.9 Å². The summed E-state index contributed by atoms with van der Waals surface area (Å²) in [5.74, 6) is -1.20. The normalized spacial score (nSPS) is 33.2. The van der Waals surface area contributed by atoms with Crippen molar-refractivity contribution in [2.75, 3.05) is 0 Å². The Morgan fingerprint density at radius 1 is 1.00 bits per heavy atom. The average molecular weight is 286 g/mol. The number of halogens is 5. The fourth-order valence-corrected chi connectivity index (χ4v) is 3.40. The minimum atomic E-state index is -4.87. The Kier molecular flexibility index (Phi) is 3.56. The fourth-order valence-electron chi connectivity index (χ4n) is 3.40. The molecule has 0 saturated heterocycles. The van der Waals surface area contributed by atoms with E-state index < -0.39 is 29.3 Å². The van der Waals surface area contributed by atoms with Crippen LogP contribution >= 0.6 is 0 Å². The van der Waals surface area contributed by atoms with Crippen LogP contribution in [-0.2, 0) is 5.41 Å². The second-order valence-corrected chi connectivity index (χ2v) is 5.37. The molecule has 1 aromatic rings. The van der Waals surface area contributed by atoms with Gasteiger partial charge in [-0.2, -0.15) is 0 Å². The van der Waals surface area contributed by atoms with Gasteiger partial charge in [-0.25, -0.2) is 8.78 Å². The molecule has 0 radical (unpaired) electrons. The van der Waals surface area contributed by atoms with Gasteiger partial charge in [0, 0.05) is 0 Å². The predicted molar refractivity (Wildman–Crippen MR) is 53.7 cm³/mol. The Morgan fingerprint density at radius 2 is 1.56 bits per heavy atom. The summed E-state index contributed by atoms with van der Waals surface area (Å²) in [7, 11) is 0. The quantitative estimate of drug-likeness (QED) is 0.562. The van der Waals surface area contributed by atoms with Gasteiger partial charge in [-0.1, -0.05) is 24.6 Å². The number of hydrogen-bond donors (Lipinski definition) is 0. The summed E-state index contributed by atoms with van der Waals surface area (Å²) in [4.78, 5) is 0. The van der Waals surface area contributed by atoms with Crippen LogP contribution in [0.3, 0.4) is 0 Å². The van der Waals surface area contributed by atoms with Crippen molar-refractivity contribution in [1.29, 1.82) is 0 Å². The van der Waals surface area contributed by atoms with Crippen LogP contribution in [0.1, 0.15) is 24.8 Å². The molecule has 0 atom stereocenters. The molecule has 3 saturated carbocycles. The molecular weight excluding hydrogens is 277 g/mol. The predicted octanol–water partition coefficient (Wildman–Crippen LogP) is 0.992. The van der Waals surface area contributed by atoms with Crippen molar-refractivity contribution in [2.24, 2.45) is 0 Å². The standard InChI is InChI=1S/C11H9BF5.K/c13-7-1-2-9(14)8(3-7)10-4-11(5-10,6-10)12(15,16)17;/h1-3H,4-6H2;/q-1;+1. The van der Waals surface area contributed by atoms with Crippen LogP contribution in [0.5, 0.6) is 0 Å². The van der Waals surface area contributed by atoms with E-state index in [0.29, 0.717) is 0 Å². The van der Waals surface area contributed by atoms with E-state index in [4.69, 9.17) is 0 Å². The minimum Gasteiger partial charge on any atom is -0.449 e. The molecule has 1 aromatic carbocycles. The Balaban J connectivity index is 0.00000120. The molecule has 92 valence electrons. The molecule has 18 heavy (non-hydrogen) atoms. The van der Waals surface area contributed by atoms with Crippen LogP contribution in [0, 0.1) is 11.6 Å². The molecule has 3 aliphatic carbocycles. The summed E-state index contributed by atoms with van der Waals surface area (Å²) in [5.41, 5.74) is -0.650. The third-order valence-electron chi connectivity index (χ3n) is 4.27. The zero-order chi connectivity index (χ0) is 12.5. The molecule has 3 fully saturated rings. The first-order valence-electron chi connectivity index (χ1n) is 5.43. The smallest absolute Gasteiger partial charge is 0.449 e. The molecule has 0 aromatic heterocycles. The summed E-state index contributed by atoms with van der Waals surface area (Å²) >= 11 is 0. The molecule has 3 aliphatic rings. The largest absolute Gasteiger partial charge is 1.00 e. The zero-order valence-electron chi connectivity index (χ0n) is 9.82. The summed E-state index contributed by atoms with van der Waals surface area (Å²) in [6.45, 7) is -4.87. The van der Waals surface area contributed by atoms with Crippen molar-refractivity contribution >= 4 is 6.98 Å². The van der Waals surface area contributed by atoms with Crippen LogP contribution in [0.15, 0.2) is 18.2 Å². The van der Waals surface area contributed by atoms with Gasteiger partial charge >= 0.3 is 58.4 Å². The Labute approximate surface area is 144 Å². The van der Waals surface area contributed by atoms with E-state index in [1.807, 2.05) is 0 Å². The van der Waals surface area contributed by atoms with Gasteiger partial charge in [0.25, 0.3) is 0 Å². The maximum absolute atomic E-state index is 13.5. The number of rotatable bonds is 2. The molecule has 0 nitrogen and oxygen atoms in total. The van der Waals surface area contributed by atoms with Crippen molar-refractivity contribution in [1.82, 2.24) is 0 Å². The average Bonchev–Trinajstić information content (AvgIpc) is 2.03. The maximum atomic E-state index is 13.5. The molecule has 2 bridgehead atoms. The Morgan fingerprint density at radius 3 is 2.06 bits per heavy atom. The first-order chi connectivity index (χ1) is 7.78. The second kappa shape index (κ2) is 4.28. The Bertz CT molecular complexity index is 479. The van der Waals surface area contributed by atoms with Gasteiger partial charge in [0.05, 0.1) is 0 Å². The van der Waals surface area contributed by atoms with E-state index >= 15 is 0 Å². The third-order valence-corrected chi connectivity index (χ3v) is 4.27. The summed E-state index contributed by atoms with van der Waals surface area (Å²) in [6.07, 6.45) is -0.238. The molecule has 0 heterocycles. The molecule has 0 spiro atoms. The van der Waals surface area contributed by atoms with Crippen molar-refractivity contribution < 1.29 is 73.1 Å². The number of benzene rings is 1. The number of hydrogen-bond acceptors (Lipinski definition) is 0. The van der Waals surface area contributed by atoms with E-state index in [9.17, 15) is 21.7 Å². The first kappa shape index (κ1) is 15.0. The van der Waals surface area contributed by atoms with Crippen LogP contribution in [-0.4, -0.2) is 6.98 Å². The van der Waals surface area contributed by atoms with Crippen molar-refractivity contribution in [3.8, 4) is 0 Å². The molecule has 4 rings (SSSR count). The molecule has 0 N–H and O–H groups in total. The first-order valence-corrected chi connectivity index (χ1v) is 5.43. The fraction of sp³-hybridized carbons (Fsp3) is 0.455. The van der Waals surface area contributed by atoms with Crippen LogP contribution < -0.4 is 51.4 Å². The third kappa shape index (κ3) is 1.85. The van der Waals surface area contributed by atoms with Gasteiger partial charge in [0.15, 0.2) is 0 Å². The van der Waals surface area contributed by atoms with Gasteiger partial charge in [-0.15, -0.1) is 0 Å². The van der Waals surface area contributed by atoms with E-state index in [0.717, 1.165) is 18.2 Å². The maximum Gasteiger partial charge on any atom is 1.00 e. The van der Waals surface area contributed by atoms with E-state index in [1.165, 1.54) is 0 Å². The second-order valence-electron chi connectivity index (χ2n) is 5.37. The van der Waals surface area contributed by atoms with E-state index in [1.54, 1.807) is 0 Å². The summed E-state index contributed by atoms with van der Waals surface area (Å²) < 4.78 is 64.5. The molecule has 0 unspecified atom stereocenters. The van der Waals surface area contributed by atoms with Crippen LogP contribution in [0.4, 0.5) is 21.7 Å². The monoisotopic (exact) mass is 286 g/mol. The van der Waals surface area contributed by atoms with Gasteiger partial charge in [0.1, 0.15) is 11.6 Å².